The highest BCUT2D eigenvalue weighted by molar-refractivity contribution is 14.1. The number of hydrogen-bond donors (Lipinski definition) is 1. The topological polar surface area (TPSA) is 42.7 Å². The predicted molar refractivity (Wildman–Crippen MR) is 73.9 cm³/mol. The van der Waals surface area contributed by atoms with Crippen LogP contribution in [0, 0.1) is 3.57 Å². The minimum absolute atomic E-state index is 0.714. The highest BCUT2D eigenvalue weighted by atomic mass is 127. The second kappa shape index (κ2) is 4.73. The van der Waals surface area contributed by atoms with Gasteiger partial charge >= 0.3 is 0 Å². The van der Waals surface area contributed by atoms with Gasteiger partial charge in [0.15, 0.2) is 0 Å². The summed E-state index contributed by atoms with van der Waals surface area (Å²) >= 11 is 2.26. The van der Waals surface area contributed by atoms with Gasteiger partial charge in [-0.15, -0.1) is 0 Å². The molecule has 1 N–H and O–H groups in total. The zero-order valence-electron chi connectivity index (χ0n) is 9.31. The van der Waals surface area contributed by atoms with Gasteiger partial charge in [-0.25, -0.2) is 4.68 Å². The van der Waals surface area contributed by atoms with Gasteiger partial charge in [0.05, 0.1) is 21.1 Å². The molecule has 0 bridgehead atoms. The van der Waals surface area contributed by atoms with Crippen molar-refractivity contribution in [2.75, 3.05) is 0 Å². The van der Waals surface area contributed by atoms with E-state index < -0.39 is 0 Å². The second-order valence-corrected chi connectivity index (χ2v) is 5.51. The zero-order chi connectivity index (χ0) is 11.7. The van der Waals surface area contributed by atoms with Crippen LogP contribution in [0.25, 0.3) is 5.69 Å². The lowest BCUT2D eigenvalue weighted by molar-refractivity contribution is 0.673. The molecule has 2 heterocycles. The van der Waals surface area contributed by atoms with Crippen LogP contribution >= 0.6 is 22.6 Å². The summed E-state index contributed by atoms with van der Waals surface area (Å²) in [6.07, 6.45) is 8.30. The standard InChI is InChI=1S/C12H13IN4/c13-9-6-16-17(8-9)12-3-4-14-11(5-12)7-15-10-1-2-10/h3-6,8,10,15H,1-2,7H2. The van der Waals surface area contributed by atoms with Crippen LogP contribution in [-0.2, 0) is 6.54 Å². The van der Waals surface area contributed by atoms with Crippen molar-refractivity contribution in [3.63, 3.8) is 0 Å². The lowest BCUT2D eigenvalue weighted by Crippen LogP contribution is -2.16. The van der Waals surface area contributed by atoms with Crippen LogP contribution in [0.5, 0.6) is 0 Å². The molecule has 0 saturated heterocycles. The summed E-state index contributed by atoms with van der Waals surface area (Å²) < 4.78 is 3.02. The molecule has 0 unspecified atom stereocenters. The fourth-order valence-electron chi connectivity index (χ4n) is 1.68. The Morgan fingerprint density at radius 3 is 3.06 bits per heavy atom. The Kier molecular flexibility index (Phi) is 3.11. The molecule has 1 fully saturated rings. The molecule has 17 heavy (non-hydrogen) atoms. The fraction of sp³-hybridized carbons (Fsp3) is 0.333. The molecule has 0 amide bonds. The maximum absolute atomic E-state index is 4.37. The van der Waals surface area contributed by atoms with Crippen LogP contribution in [-0.4, -0.2) is 20.8 Å². The molecule has 0 aromatic carbocycles. The van der Waals surface area contributed by atoms with Crippen molar-refractivity contribution in [2.45, 2.75) is 25.4 Å². The van der Waals surface area contributed by atoms with E-state index in [1.807, 2.05) is 29.3 Å². The molecule has 1 saturated carbocycles. The van der Waals surface area contributed by atoms with Gasteiger partial charge in [-0.2, -0.15) is 5.10 Å². The Bertz CT molecular complexity index is 519. The van der Waals surface area contributed by atoms with E-state index in [0.717, 1.165) is 21.5 Å². The van der Waals surface area contributed by atoms with Crippen LogP contribution in [0.15, 0.2) is 30.7 Å². The summed E-state index contributed by atoms with van der Waals surface area (Å²) in [7, 11) is 0. The third-order valence-corrected chi connectivity index (χ3v) is 3.32. The van der Waals surface area contributed by atoms with Crippen molar-refractivity contribution in [1.29, 1.82) is 0 Å². The van der Waals surface area contributed by atoms with E-state index in [1.54, 1.807) is 0 Å². The number of nitrogens with zero attached hydrogens (tertiary/aromatic N) is 3. The Balaban J connectivity index is 1.77. The molecular formula is C12H13IN4. The molecule has 2 aromatic heterocycles. The third kappa shape index (κ3) is 2.84. The number of pyridine rings is 1. The van der Waals surface area contributed by atoms with E-state index in [4.69, 9.17) is 0 Å². The van der Waals surface area contributed by atoms with Crippen molar-refractivity contribution in [1.82, 2.24) is 20.1 Å². The lowest BCUT2D eigenvalue weighted by atomic mass is 10.3. The minimum atomic E-state index is 0.714. The van der Waals surface area contributed by atoms with Crippen LogP contribution in [0.2, 0.25) is 0 Å². The summed E-state index contributed by atoms with van der Waals surface area (Å²) in [4.78, 5) is 4.37. The molecule has 0 spiro atoms. The first-order chi connectivity index (χ1) is 8.31. The number of aromatic nitrogens is 3. The van der Waals surface area contributed by atoms with E-state index in [-0.39, 0.29) is 0 Å². The van der Waals surface area contributed by atoms with Gasteiger partial charge < -0.3 is 5.32 Å². The third-order valence-electron chi connectivity index (χ3n) is 2.76. The van der Waals surface area contributed by atoms with E-state index in [0.29, 0.717) is 6.04 Å². The van der Waals surface area contributed by atoms with Crippen molar-refractivity contribution in [3.05, 3.63) is 40.0 Å². The maximum atomic E-state index is 4.37. The molecule has 1 aliphatic carbocycles. The van der Waals surface area contributed by atoms with Crippen LogP contribution < -0.4 is 5.32 Å². The molecular weight excluding hydrogens is 327 g/mol. The largest absolute Gasteiger partial charge is 0.308 e. The first-order valence-electron chi connectivity index (χ1n) is 5.70. The molecule has 0 atom stereocenters. The smallest absolute Gasteiger partial charge is 0.0679 e. The Hall–Kier alpha value is -0.950. The SMILES string of the molecule is Ic1cnn(-c2ccnc(CNC3CC3)c2)c1. The van der Waals surface area contributed by atoms with Gasteiger partial charge in [0, 0.05) is 25.0 Å². The van der Waals surface area contributed by atoms with Crippen molar-refractivity contribution in [2.24, 2.45) is 0 Å². The van der Waals surface area contributed by atoms with Gasteiger partial charge in [-0.05, 0) is 47.6 Å². The molecule has 4 nitrogen and oxygen atoms in total. The summed E-state index contributed by atoms with van der Waals surface area (Å²) in [6.45, 7) is 0.844. The van der Waals surface area contributed by atoms with E-state index in [2.05, 4.69) is 44.1 Å². The average molecular weight is 340 g/mol. The summed E-state index contributed by atoms with van der Waals surface area (Å²) in [5.41, 5.74) is 2.13. The Labute approximate surface area is 114 Å². The Morgan fingerprint density at radius 1 is 1.47 bits per heavy atom. The van der Waals surface area contributed by atoms with Crippen LogP contribution in [0.1, 0.15) is 18.5 Å². The molecule has 88 valence electrons. The molecule has 1 aliphatic rings. The van der Waals surface area contributed by atoms with E-state index in [9.17, 15) is 0 Å². The van der Waals surface area contributed by atoms with Crippen molar-refractivity contribution in [3.8, 4) is 5.69 Å². The molecule has 2 aromatic rings. The lowest BCUT2D eigenvalue weighted by Gasteiger charge is -2.05. The number of hydrogen-bond acceptors (Lipinski definition) is 3. The number of rotatable bonds is 4. The molecule has 5 heteroatoms. The highest BCUT2D eigenvalue weighted by Gasteiger charge is 2.20. The van der Waals surface area contributed by atoms with E-state index in [1.165, 1.54) is 12.8 Å². The van der Waals surface area contributed by atoms with E-state index >= 15 is 0 Å². The van der Waals surface area contributed by atoms with Gasteiger partial charge in [0.25, 0.3) is 0 Å². The van der Waals surface area contributed by atoms with Gasteiger partial charge in [-0.1, -0.05) is 0 Å². The molecule has 0 aliphatic heterocycles. The van der Waals surface area contributed by atoms with Crippen molar-refractivity contribution >= 4 is 22.6 Å². The number of halogens is 1. The predicted octanol–water partition coefficient (Wildman–Crippen LogP) is 2.12. The van der Waals surface area contributed by atoms with Gasteiger partial charge in [0.1, 0.15) is 0 Å². The minimum Gasteiger partial charge on any atom is -0.308 e. The highest BCUT2D eigenvalue weighted by Crippen LogP contribution is 2.19. The molecule has 0 radical (unpaired) electrons. The molecule has 3 rings (SSSR count). The van der Waals surface area contributed by atoms with Gasteiger partial charge in [-0.3, -0.25) is 4.98 Å². The first-order valence-corrected chi connectivity index (χ1v) is 6.78. The average Bonchev–Trinajstić information content (AvgIpc) is 3.08. The number of nitrogens with one attached hydrogen (secondary N) is 1. The summed E-state index contributed by atoms with van der Waals surface area (Å²) in [5.74, 6) is 0. The second-order valence-electron chi connectivity index (χ2n) is 4.26. The fourth-order valence-corrected chi connectivity index (χ4v) is 2.07. The monoisotopic (exact) mass is 340 g/mol. The van der Waals surface area contributed by atoms with Crippen molar-refractivity contribution < 1.29 is 0 Å². The maximum Gasteiger partial charge on any atom is 0.0679 e. The van der Waals surface area contributed by atoms with Gasteiger partial charge in [0.2, 0.25) is 0 Å². The van der Waals surface area contributed by atoms with Crippen LogP contribution in [0.3, 0.4) is 0 Å². The first kappa shape index (κ1) is 11.2. The summed E-state index contributed by atoms with van der Waals surface area (Å²) in [6, 6.07) is 4.77. The summed E-state index contributed by atoms with van der Waals surface area (Å²) in [5, 5.41) is 7.76. The van der Waals surface area contributed by atoms with Crippen LogP contribution in [0.4, 0.5) is 0 Å². The Morgan fingerprint density at radius 2 is 2.35 bits per heavy atom. The normalized spacial score (nSPS) is 15.1. The zero-order valence-corrected chi connectivity index (χ0v) is 11.5. The quantitative estimate of drug-likeness (QED) is 0.867.